The van der Waals surface area contributed by atoms with Gasteiger partial charge in [0.2, 0.25) is 0 Å². The van der Waals surface area contributed by atoms with E-state index in [0.717, 1.165) is 18.0 Å². The molecule has 0 N–H and O–H groups in total. The third-order valence-corrected chi connectivity index (χ3v) is 2.82. The first-order chi connectivity index (χ1) is 7.83. The summed E-state index contributed by atoms with van der Waals surface area (Å²) in [6, 6.07) is 14.7. The van der Waals surface area contributed by atoms with Crippen molar-refractivity contribution in [2.45, 2.75) is 6.92 Å². The zero-order valence-corrected chi connectivity index (χ0v) is 9.18. The quantitative estimate of drug-likeness (QED) is 0.715. The summed E-state index contributed by atoms with van der Waals surface area (Å²) in [5.74, 6) is 0.966. The summed E-state index contributed by atoms with van der Waals surface area (Å²) in [4.78, 5) is 5.59. The fourth-order valence-electron chi connectivity index (χ4n) is 1.95. The van der Waals surface area contributed by atoms with Crippen molar-refractivity contribution in [3.63, 3.8) is 0 Å². The van der Waals surface area contributed by atoms with Gasteiger partial charge in [-0.15, -0.1) is 0 Å². The standard InChI is InChI=1S/C14H13NO/c1-11-8-9-15(16-11)14-7-6-12-4-2-3-5-13(12)10-14/h2-8,10H,9H2,1H3. The van der Waals surface area contributed by atoms with Gasteiger partial charge in [-0.25, -0.2) is 5.06 Å². The normalized spacial score (nSPS) is 15.1. The highest BCUT2D eigenvalue weighted by atomic mass is 16.7. The molecule has 0 saturated carbocycles. The number of allylic oxidation sites excluding steroid dienone is 1. The Kier molecular flexibility index (Phi) is 2.07. The topological polar surface area (TPSA) is 12.5 Å². The van der Waals surface area contributed by atoms with Crippen LogP contribution in [0.15, 0.2) is 54.3 Å². The number of benzene rings is 2. The third kappa shape index (κ3) is 1.52. The van der Waals surface area contributed by atoms with Crippen LogP contribution in [0.25, 0.3) is 10.8 Å². The molecule has 80 valence electrons. The van der Waals surface area contributed by atoms with Crippen LogP contribution in [0.5, 0.6) is 0 Å². The van der Waals surface area contributed by atoms with E-state index >= 15 is 0 Å². The van der Waals surface area contributed by atoms with Crippen molar-refractivity contribution in [1.29, 1.82) is 0 Å². The predicted molar refractivity (Wildman–Crippen MR) is 66.1 cm³/mol. The molecular weight excluding hydrogens is 198 g/mol. The van der Waals surface area contributed by atoms with Gasteiger partial charge >= 0.3 is 0 Å². The lowest BCUT2D eigenvalue weighted by atomic mass is 10.1. The van der Waals surface area contributed by atoms with Crippen molar-refractivity contribution in [1.82, 2.24) is 0 Å². The van der Waals surface area contributed by atoms with Crippen LogP contribution in [0.3, 0.4) is 0 Å². The highest BCUT2D eigenvalue weighted by molar-refractivity contribution is 5.85. The summed E-state index contributed by atoms with van der Waals surface area (Å²) < 4.78 is 0. The fraction of sp³-hybridized carbons (Fsp3) is 0.143. The highest BCUT2D eigenvalue weighted by Gasteiger charge is 2.13. The first-order valence-electron chi connectivity index (χ1n) is 5.44. The maximum Gasteiger partial charge on any atom is 0.127 e. The molecule has 1 aliphatic rings. The summed E-state index contributed by atoms with van der Waals surface area (Å²) in [6.07, 6.45) is 2.08. The Morgan fingerprint density at radius 1 is 1.06 bits per heavy atom. The minimum Gasteiger partial charge on any atom is -0.384 e. The largest absolute Gasteiger partial charge is 0.384 e. The van der Waals surface area contributed by atoms with Gasteiger partial charge in [-0.05, 0) is 35.9 Å². The second kappa shape index (κ2) is 3.56. The van der Waals surface area contributed by atoms with E-state index in [4.69, 9.17) is 4.84 Å². The van der Waals surface area contributed by atoms with Gasteiger partial charge < -0.3 is 4.84 Å². The molecule has 0 atom stereocenters. The van der Waals surface area contributed by atoms with Crippen LogP contribution >= 0.6 is 0 Å². The second-order valence-corrected chi connectivity index (χ2v) is 4.00. The molecule has 0 spiro atoms. The van der Waals surface area contributed by atoms with Crippen molar-refractivity contribution < 1.29 is 4.84 Å². The Morgan fingerprint density at radius 3 is 2.62 bits per heavy atom. The van der Waals surface area contributed by atoms with Crippen molar-refractivity contribution >= 4 is 16.5 Å². The number of anilines is 1. The van der Waals surface area contributed by atoms with Crippen LogP contribution in [0, 0.1) is 0 Å². The van der Waals surface area contributed by atoms with Gasteiger partial charge in [0.25, 0.3) is 0 Å². The molecule has 0 saturated heterocycles. The maximum absolute atomic E-state index is 5.59. The van der Waals surface area contributed by atoms with Crippen LogP contribution in [0.4, 0.5) is 5.69 Å². The smallest absolute Gasteiger partial charge is 0.127 e. The van der Waals surface area contributed by atoms with Gasteiger partial charge in [0.05, 0.1) is 12.2 Å². The van der Waals surface area contributed by atoms with Crippen LogP contribution in [-0.2, 0) is 4.84 Å². The van der Waals surface area contributed by atoms with E-state index in [2.05, 4.69) is 48.5 Å². The van der Waals surface area contributed by atoms with Crippen molar-refractivity contribution in [2.75, 3.05) is 11.6 Å². The number of hydroxylamine groups is 1. The average molecular weight is 211 g/mol. The average Bonchev–Trinajstić information content (AvgIpc) is 2.75. The zero-order chi connectivity index (χ0) is 11.0. The van der Waals surface area contributed by atoms with Gasteiger partial charge in [-0.3, -0.25) is 0 Å². The number of hydrogen-bond donors (Lipinski definition) is 0. The molecule has 2 aromatic rings. The molecule has 0 aliphatic carbocycles. The summed E-state index contributed by atoms with van der Waals surface area (Å²) in [5, 5.41) is 4.41. The monoisotopic (exact) mass is 211 g/mol. The van der Waals surface area contributed by atoms with Crippen molar-refractivity contribution in [3.05, 3.63) is 54.3 Å². The number of fused-ring (bicyclic) bond motifs is 1. The third-order valence-electron chi connectivity index (χ3n) is 2.82. The molecule has 0 bridgehead atoms. The van der Waals surface area contributed by atoms with Crippen molar-refractivity contribution in [3.8, 4) is 0 Å². The number of hydrogen-bond acceptors (Lipinski definition) is 2. The van der Waals surface area contributed by atoms with Gasteiger partial charge in [-0.1, -0.05) is 30.3 Å². The highest BCUT2D eigenvalue weighted by Crippen LogP contribution is 2.25. The van der Waals surface area contributed by atoms with Crippen LogP contribution < -0.4 is 5.06 Å². The fourth-order valence-corrected chi connectivity index (χ4v) is 1.95. The van der Waals surface area contributed by atoms with E-state index in [9.17, 15) is 0 Å². The Hall–Kier alpha value is -1.96. The number of nitrogens with zero attached hydrogens (tertiary/aromatic N) is 1. The Bertz CT molecular complexity index is 559. The van der Waals surface area contributed by atoms with Gasteiger partial charge in [0, 0.05) is 0 Å². The molecule has 0 amide bonds. The molecule has 0 aromatic heterocycles. The van der Waals surface area contributed by atoms with E-state index in [1.165, 1.54) is 10.8 Å². The van der Waals surface area contributed by atoms with E-state index in [-0.39, 0.29) is 0 Å². The molecule has 0 unspecified atom stereocenters. The van der Waals surface area contributed by atoms with Crippen LogP contribution in [0.1, 0.15) is 6.92 Å². The van der Waals surface area contributed by atoms with Gasteiger partial charge in [0.1, 0.15) is 5.76 Å². The predicted octanol–water partition coefficient (Wildman–Crippen LogP) is 3.50. The molecular formula is C14H13NO. The summed E-state index contributed by atoms with van der Waals surface area (Å²) in [7, 11) is 0. The maximum atomic E-state index is 5.59. The van der Waals surface area contributed by atoms with Crippen molar-refractivity contribution in [2.24, 2.45) is 0 Å². The summed E-state index contributed by atoms with van der Waals surface area (Å²) in [5.41, 5.74) is 1.10. The summed E-state index contributed by atoms with van der Waals surface area (Å²) in [6.45, 7) is 2.80. The van der Waals surface area contributed by atoms with Gasteiger partial charge in [-0.2, -0.15) is 0 Å². The van der Waals surface area contributed by atoms with Gasteiger partial charge in [0.15, 0.2) is 0 Å². The Balaban J connectivity index is 1.99. The van der Waals surface area contributed by atoms with Crippen LogP contribution in [-0.4, -0.2) is 6.54 Å². The van der Waals surface area contributed by atoms with Crippen LogP contribution in [0.2, 0.25) is 0 Å². The molecule has 16 heavy (non-hydrogen) atoms. The first-order valence-corrected chi connectivity index (χ1v) is 5.44. The molecule has 3 rings (SSSR count). The Morgan fingerprint density at radius 2 is 1.88 bits per heavy atom. The lowest BCUT2D eigenvalue weighted by molar-refractivity contribution is 0.214. The zero-order valence-electron chi connectivity index (χ0n) is 9.18. The van der Waals surface area contributed by atoms with E-state index in [1.807, 2.05) is 12.0 Å². The molecule has 1 aliphatic heterocycles. The molecule has 2 nitrogen and oxygen atoms in total. The molecule has 2 heteroatoms. The SMILES string of the molecule is CC1=CCN(c2ccc3ccccc3c2)O1. The van der Waals surface area contributed by atoms with E-state index < -0.39 is 0 Å². The Labute approximate surface area is 94.7 Å². The minimum atomic E-state index is 0.824. The minimum absolute atomic E-state index is 0.824. The molecule has 0 fully saturated rings. The van der Waals surface area contributed by atoms with E-state index in [0.29, 0.717) is 0 Å². The lowest BCUT2D eigenvalue weighted by Crippen LogP contribution is -2.16. The second-order valence-electron chi connectivity index (χ2n) is 4.00. The van der Waals surface area contributed by atoms with E-state index in [1.54, 1.807) is 0 Å². The number of rotatable bonds is 1. The molecule has 0 radical (unpaired) electrons. The molecule has 2 aromatic carbocycles. The lowest BCUT2D eigenvalue weighted by Gasteiger charge is -2.18. The molecule has 1 heterocycles. The summed E-state index contributed by atoms with van der Waals surface area (Å²) >= 11 is 0. The first kappa shape index (κ1) is 9.28.